The molecule has 7 nitrogen and oxygen atoms in total. The van der Waals surface area contributed by atoms with Crippen molar-refractivity contribution in [2.75, 3.05) is 13.2 Å². The number of benzene rings is 1. The van der Waals surface area contributed by atoms with Crippen molar-refractivity contribution in [3.8, 4) is 5.75 Å². The Bertz CT molecular complexity index is 807. The average Bonchev–Trinajstić information content (AvgIpc) is 2.91. The van der Waals surface area contributed by atoms with Crippen LogP contribution in [-0.4, -0.2) is 41.4 Å². The van der Waals surface area contributed by atoms with Gasteiger partial charge in [0.2, 0.25) is 5.91 Å². The number of hydrogen-bond donors (Lipinski definition) is 2. The lowest BCUT2D eigenvalue weighted by molar-refractivity contribution is -0.136. The summed E-state index contributed by atoms with van der Waals surface area (Å²) in [6, 6.07) is 7.00. The average molecular weight is 416 g/mol. The summed E-state index contributed by atoms with van der Waals surface area (Å²) >= 11 is 0. The van der Waals surface area contributed by atoms with Gasteiger partial charge in [0.25, 0.3) is 5.91 Å². The van der Waals surface area contributed by atoms with E-state index in [9.17, 15) is 14.4 Å². The zero-order valence-corrected chi connectivity index (χ0v) is 18.4. The number of hydrogen-bond acceptors (Lipinski definition) is 4. The molecule has 0 bridgehead atoms. The van der Waals surface area contributed by atoms with Crippen LogP contribution in [0.3, 0.4) is 0 Å². The van der Waals surface area contributed by atoms with Gasteiger partial charge in [-0.3, -0.25) is 14.5 Å². The number of amides is 4. The molecule has 1 aromatic carbocycles. The van der Waals surface area contributed by atoms with E-state index in [0.717, 1.165) is 29.1 Å². The molecule has 7 heteroatoms. The maximum Gasteiger partial charge on any atom is 0.325 e. The third-order valence-electron chi connectivity index (χ3n) is 6.31. The van der Waals surface area contributed by atoms with Crippen LogP contribution in [0.2, 0.25) is 0 Å². The first-order valence-corrected chi connectivity index (χ1v) is 10.8. The first-order chi connectivity index (χ1) is 14.1. The molecule has 2 fully saturated rings. The molecule has 1 aromatic rings. The SMILES string of the molecule is CCOc1cccc(CNC(=O)CN2C(=O)NC3(CCC(C(C)(C)C)CC3)C2=O)c1. The molecule has 1 saturated heterocycles. The predicted molar refractivity (Wildman–Crippen MR) is 114 cm³/mol. The number of nitrogens with one attached hydrogen (secondary N) is 2. The Hall–Kier alpha value is -2.57. The molecule has 0 radical (unpaired) electrons. The topological polar surface area (TPSA) is 87.7 Å². The number of carbonyl (C=O) groups is 3. The van der Waals surface area contributed by atoms with E-state index in [1.165, 1.54) is 0 Å². The highest BCUT2D eigenvalue weighted by molar-refractivity contribution is 6.09. The lowest BCUT2D eigenvalue weighted by atomic mass is 9.67. The number of urea groups is 1. The minimum absolute atomic E-state index is 0.187. The van der Waals surface area contributed by atoms with Crippen LogP contribution in [0.25, 0.3) is 0 Å². The summed E-state index contributed by atoms with van der Waals surface area (Å²) in [7, 11) is 0. The van der Waals surface area contributed by atoms with Crippen molar-refractivity contribution in [2.24, 2.45) is 11.3 Å². The highest BCUT2D eigenvalue weighted by atomic mass is 16.5. The van der Waals surface area contributed by atoms with Crippen LogP contribution >= 0.6 is 0 Å². The molecule has 3 rings (SSSR count). The lowest BCUT2D eigenvalue weighted by Gasteiger charge is -2.40. The number of rotatable bonds is 6. The summed E-state index contributed by atoms with van der Waals surface area (Å²) in [5.41, 5.74) is 0.237. The normalized spacial score (nSPS) is 24.1. The molecule has 1 saturated carbocycles. The smallest absolute Gasteiger partial charge is 0.325 e. The Morgan fingerprint density at radius 3 is 2.60 bits per heavy atom. The van der Waals surface area contributed by atoms with Gasteiger partial charge in [0.15, 0.2) is 0 Å². The first-order valence-electron chi connectivity index (χ1n) is 10.8. The minimum Gasteiger partial charge on any atom is -0.494 e. The van der Waals surface area contributed by atoms with Crippen molar-refractivity contribution in [2.45, 2.75) is 65.5 Å². The quantitative estimate of drug-likeness (QED) is 0.699. The van der Waals surface area contributed by atoms with E-state index in [2.05, 4.69) is 31.4 Å². The molecule has 4 amide bonds. The number of imide groups is 1. The molecule has 2 N–H and O–H groups in total. The Morgan fingerprint density at radius 1 is 1.27 bits per heavy atom. The molecule has 2 aliphatic rings. The van der Waals surface area contributed by atoms with Gasteiger partial charge in [-0.15, -0.1) is 0 Å². The van der Waals surface area contributed by atoms with E-state index in [4.69, 9.17) is 4.74 Å². The van der Waals surface area contributed by atoms with Gasteiger partial charge in [-0.2, -0.15) is 0 Å². The molecular formula is C23H33N3O4. The molecule has 1 aliphatic carbocycles. The molecule has 30 heavy (non-hydrogen) atoms. The van der Waals surface area contributed by atoms with Crippen LogP contribution in [0.4, 0.5) is 4.79 Å². The van der Waals surface area contributed by atoms with Crippen LogP contribution in [0.15, 0.2) is 24.3 Å². The van der Waals surface area contributed by atoms with Crippen molar-refractivity contribution in [1.82, 2.24) is 15.5 Å². The molecule has 0 aromatic heterocycles. The zero-order valence-electron chi connectivity index (χ0n) is 18.4. The predicted octanol–water partition coefficient (Wildman–Crippen LogP) is 3.23. The van der Waals surface area contributed by atoms with Gasteiger partial charge in [0.1, 0.15) is 17.8 Å². The fourth-order valence-corrected chi connectivity index (χ4v) is 4.45. The fraction of sp³-hybridized carbons (Fsp3) is 0.609. The van der Waals surface area contributed by atoms with Crippen LogP contribution in [-0.2, 0) is 16.1 Å². The number of nitrogens with zero attached hydrogens (tertiary/aromatic N) is 1. The van der Waals surface area contributed by atoms with E-state index in [0.29, 0.717) is 31.9 Å². The van der Waals surface area contributed by atoms with E-state index in [1.54, 1.807) is 0 Å². The summed E-state index contributed by atoms with van der Waals surface area (Å²) in [6.07, 6.45) is 3.04. The van der Waals surface area contributed by atoms with Gasteiger partial charge in [-0.1, -0.05) is 32.9 Å². The van der Waals surface area contributed by atoms with Gasteiger partial charge < -0.3 is 15.4 Å². The highest BCUT2D eigenvalue weighted by Crippen LogP contribution is 2.43. The summed E-state index contributed by atoms with van der Waals surface area (Å²) < 4.78 is 5.46. The van der Waals surface area contributed by atoms with Crippen LogP contribution < -0.4 is 15.4 Å². The van der Waals surface area contributed by atoms with Gasteiger partial charge in [-0.25, -0.2) is 4.79 Å². The largest absolute Gasteiger partial charge is 0.494 e. The second-order valence-electron chi connectivity index (χ2n) is 9.40. The third kappa shape index (κ3) is 4.77. The Kier molecular flexibility index (Phi) is 6.38. The van der Waals surface area contributed by atoms with Gasteiger partial charge in [0.05, 0.1) is 6.61 Å². The second-order valence-corrected chi connectivity index (χ2v) is 9.40. The maximum absolute atomic E-state index is 13.0. The highest BCUT2D eigenvalue weighted by Gasteiger charge is 2.53. The Balaban J connectivity index is 1.55. The second kappa shape index (κ2) is 8.66. The van der Waals surface area contributed by atoms with Crippen molar-refractivity contribution >= 4 is 17.8 Å². The van der Waals surface area contributed by atoms with Gasteiger partial charge in [-0.05, 0) is 61.6 Å². The molecule has 1 aliphatic heterocycles. The minimum atomic E-state index is -0.842. The third-order valence-corrected chi connectivity index (χ3v) is 6.31. The molecule has 0 unspecified atom stereocenters. The van der Waals surface area contributed by atoms with Crippen molar-refractivity contribution < 1.29 is 19.1 Å². The van der Waals surface area contributed by atoms with Crippen LogP contribution in [0.5, 0.6) is 5.75 Å². The van der Waals surface area contributed by atoms with Crippen molar-refractivity contribution in [3.63, 3.8) is 0 Å². The number of ether oxygens (including phenoxy) is 1. The molecule has 1 spiro atoms. The van der Waals surface area contributed by atoms with Crippen LogP contribution in [0, 0.1) is 11.3 Å². The molecule has 1 heterocycles. The lowest BCUT2D eigenvalue weighted by Crippen LogP contribution is -2.51. The number of carbonyl (C=O) groups excluding carboxylic acids is 3. The summed E-state index contributed by atoms with van der Waals surface area (Å²) in [5, 5.41) is 5.67. The Labute approximate surface area is 178 Å². The summed E-state index contributed by atoms with van der Waals surface area (Å²) in [6.45, 7) is 9.17. The first kappa shape index (κ1) is 22.1. The van der Waals surface area contributed by atoms with Gasteiger partial charge in [0, 0.05) is 6.54 Å². The molecular weight excluding hydrogens is 382 g/mol. The summed E-state index contributed by atoms with van der Waals surface area (Å²) in [5.74, 6) is 0.637. The standard InChI is InChI=1S/C23H33N3O4/c1-5-30-18-8-6-7-16(13-18)14-24-19(27)15-26-20(28)23(25-21(26)29)11-9-17(10-12-23)22(2,3)4/h6-8,13,17H,5,9-12,14-15H2,1-4H3,(H,24,27)(H,25,29). The zero-order chi connectivity index (χ0) is 21.9. The molecule has 0 atom stereocenters. The monoisotopic (exact) mass is 415 g/mol. The van der Waals surface area contributed by atoms with E-state index in [1.807, 2.05) is 31.2 Å². The van der Waals surface area contributed by atoms with Crippen molar-refractivity contribution in [1.29, 1.82) is 0 Å². The van der Waals surface area contributed by atoms with Crippen LogP contribution in [0.1, 0.15) is 58.9 Å². The van der Waals surface area contributed by atoms with Crippen molar-refractivity contribution in [3.05, 3.63) is 29.8 Å². The fourth-order valence-electron chi connectivity index (χ4n) is 4.45. The summed E-state index contributed by atoms with van der Waals surface area (Å²) in [4.78, 5) is 39.0. The Morgan fingerprint density at radius 2 is 1.97 bits per heavy atom. The molecule has 164 valence electrons. The van der Waals surface area contributed by atoms with E-state index in [-0.39, 0.29) is 23.8 Å². The maximum atomic E-state index is 13.0. The van der Waals surface area contributed by atoms with E-state index >= 15 is 0 Å². The van der Waals surface area contributed by atoms with Gasteiger partial charge >= 0.3 is 6.03 Å². The van der Waals surface area contributed by atoms with E-state index < -0.39 is 11.6 Å².